The number of hydrogen-bond donors (Lipinski definition) is 1. The highest BCUT2D eigenvalue weighted by molar-refractivity contribution is 5.22. The summed E-state index contributed by atoms with van der Waals surface area (Å²) in [6.07, 6.45) is -4.05. The summed E-state index contributed by atoms with van der Waals surface area (Å²) < 4.78 is 50.3. The number of nitrogens with zero attached hydrogens (tertiary/aromatic N) is 2. The van der Waals surface area contributed by atoms with E-state index in [0.29, 0.717) is 0 Å². The minimum atomic E-state index is -2.99. The van der Waals surface area contributed by atoms with Crippen LogP contribution in [0, 0.1) is 0 Å². The van der Waals surface area contributed by atoms with E-state index < -0.39 is 31.3 Å². The van der Waals surface area contributed by atoms with E-state index in [-0.39, 0.29) is 5.82 Å². The Morgan fingerprint density at radius 1 is 1.89 bits per heavy atom. The molecule has 0 saturated heterocycles. The molecule has 0 spiro atoms. The SMILES string of the molecule is [2H]c1nc(C([2H])([2H])C([2H])([2H])[2H])c([2H])nc1N. The third-order valence-electron chi connectivity index (χ3n) is 0.683. The molecule has 0 saturated carbocycles. The first-order valence-corrected chi connectivity index (χ1v) is 2.18. The standard InChI is InChI=1S/C6H9N3/c1-2-5-3-9-6(7)4-8-5/h3-4H,2H2,1H3,(H2,7,9)/i1D3,2D2,3D,4D. The van der Waals surface area contributed by atoms with Gasteiger partial charge in [-0.15, -0.1) is 0 Å². The Morgan fingerprint density at radius 3 is 3.56 bits per heavy atom. The predicted octanol–water partition coefficient (Wildman–Crippen LogP) is 0.621. The smallest absolute Gasteiger partial charge is 0.141 e. The van der Waals surface area contributed by atoms with Crippen molar-refractivity contribution in [3.63, 3.8) is 0 Å². The van der Waals surface area contributed by atoms with Gasteiger partial charge in [0.05, 0.1) is 20.8 Å². The molecule has 9 heavy (non-hydrogen) atoms. The lowest BCUT2D eigenvalue weighted by atomic mass is 10.4. The molecule has 48 valence electrons. The van der Waals surface area contributed by atoms with E-state index in [2.05, 4.69) is 9.97 Å². The van der Waals surface area contributed by atoms with E-state index in [1.54, 1.807) is 0 Å². The van der Waals surface area contributed by atoms with Gasteiger partial charge >= 0.3 is 0 Å². The summed E-state index contributed by atoms with van der Waals surface area (Å²) in [6.45, 7) is -2.99. The quantitative estimate of drug-likeness (QED) is 0.606. The molecular formula is C6H9N3. The van der Waals surface area contributed by atoms with Gasteiger partial charge in [-0.25, -0.2) is 4.98 Å². The second kappa shape index (κ2) is 2.44. The van der Waals surface area contributed by atoms with Gasteiger partial charge in [-0.2, -0.15) is 0 Å². The van der Waals surface area contributed by atoms with E-state index in [1.807, 2.05) is 0 Å². The van der Waals surface area contributed by atoms with E-state index in [1.165, 1.54) is 0 Å². The zero-order chi connectivity index (χ0) is 12.7. The molecule has 1 aromatic heterocycles. The highest BCUT2D eigenvalue weighted by Gasteiger charge is 1.88. The molecule has 0 atom stereocenters. The van der Waals surface area contributed by atoms with Crippen molar-refractivity contribution in [2.24, 2.45) is 0 Å². The average Bonchev–Trinajstić information content (AvgIpc) is 2.09. The Labute approximate surface area is 63.8 Å². The summed E-state index contributed by atoms with van der Waals surface area (Å²) in [4.78, 5) is 6.72. The first-order valence-electron chi connectivity index (χ1n) is 5.68. The van der Waals surface area contributed by atoms with Crippen molar-refractivity contribution in [1.29, 1.82) is 0 Å². The lowest BCUT2D eigenvalue weighted by Crippen LogP contribution is -1.93. The maximum Gasteiger partial charge on any atom is 0.141 e. The Morgan fingerprint density at radius 2 is 2.78 bits per heavy atom. The fourth-order valence-electron chi connectivity index (χ4n) is 0.332. The summed E-state index contributed by atoms with van der Waals surface area (Å²) >= 11 is 0. The number of rotatable bonds is 1. The van der Waals surface area contributed by atoms with Crippen molar-refractivity contribution in [3.8, 4) is 0 Å². The van der Waals surface area contributed by atoms with Crippen LogP contribution < -0.4 is 5.73 Å². The zero-order valence-corrected chi connectivity index (χ0v) is 4.47. The number of anilines is 1. The Bertz CT molecular complexity index is 413. The van der Waals surface area contributed by atoms with Gasteiger partial charge in [0.25, 0.3) is 0 Å². The van der Waals surface area contributed by atoms with E-state index >= 15 is 0 Å². The highest BCUT2D eigenvalue weighted by Crippen LogP contribution is 1.95. The second-order valence-electron chi connectivity index (χ2n) is 1.31. The minimum absolute atomic E-state index is 0.338. The van der Waals surface area contributed by atoms with Crippen LogP contribution in [-0.4, -0.2) is 9.97 Å². The van der Waals surface area contributed by atoms with Crippen LogP contribution in [0.2, 0.25) is 0 Å². The van der Waals surface area contributed by atoms with Gasteiger partial charge in [0.15, 0.2) is 0 Å². The summed E-state index contributed by atoms with van der Waals surface area (Å²) in [5, 5.41) is 0. The number of aryl methyl sites for hydroxylation is 1. The molecule has 1 heterocycles. The molecule has 0 aliphatic rings. The van der Waals surface area contributed by atoms with Crippen molar-refractivity contribution in [1.82, 2.24) is 9.97 Å². The largest absolute Gasteiger partial charge is 0.382 e. The summed E-state index contributed by atoms with van der Waals surface area (Å²) in [6, 6.07) is 0. The van der Waals surface area contributed by atoms with Gasteiger partial charge < -0.3 is 5.73 Å². The number of nitrogen functional groups attached to an aromatic ring is 1. The fourth-order valence-corrected chi connectivity index (χ4v) is 0.332. The normalized spacial score (nSPS) is 23.8. The zero-order valence-electron chi connectivity index (χ0n) is 11.5. The fraction of sp³-hybridized carbons (Fsp3) is 0.333. The summed E-state index contributed by atoms with van der Waals surface area (Å²) in [5.41, 5.74) is 4.50. The second-order valence-corrected chi connectivity index (χ2v) is 1.31. The van der Waals surface area contributed by atoms with Gasteiger partial charge in [-0.1, -0.05) is 6.85 Å². The van der Waals surface area contributed by atoms with Crippen LogP contribution in [-0.2, 0) is 6.37 Å². The molecule has 2 N–H and O–H groups in total. The summed E-state index contributed by atoms with van der Waals surface area (Å²) in [5.74, 6) is -0.338. The van der Waals surface area contributed by atoms with Crippen LogP contribution in [0.15, 0.2) is 12.3 Å². The molecule has 0 fully saturated rings. The molecule has 0 bridgehead atoms. The van der Waals surface area contributed by atoms with Crippen LogP contribution in [0.4, 0.5) is 5.82 Å². The third kappa shape index (κ3) is 1.38. The minimum Gasteiger partial charge on any atom is -0.382 e. The average molecular weight is 130 g/mol. The van der Waals surface area contributed by atoms with E-state index in [4.69, 9.17) is 15.3 Å². The number of nitrogens with two attached hydrogens (primary N) is 1. The van der Waals surface area contributed by atoms with Crippen molar-refractivity contribution in [2.45, 2.75) is 13.2 Å². The van der Waals surface area contributed by atoms with Crippen LogP contribution in [0.1, 0.15) is 22.1 Å². The third-order valence-corrected chi connectivity index (χ3v) is 0.683. The van der Waals surface area contributed by atoms with Crippen LogP contribution in [0.3, 0.4) is 0 Å². The lowest BCUT2D eigenvalue weighted by Gasteiger charge is -1.92. The molecular weight excluding hydrogens is 114 g/mol. The lowest BCUT2D eigenvalue weighted by molar-refractivity contribution is 1.00. The number of aromatic nitrogens is 2. The molecule has 3 nitrogen and oxygen atoms in total. The monoisotopic (exact) mass is 130 g/mol. The van der Waals surface area contributed by atoms with E-state index in [9.17, 15) is 0 Å². The molecule has 0 unspecified atom stereocenters. The molecule has 0 aliphatic heterocycles. The van der Waals surface area contributed by atoms with Crippen LogP contribution in [0.25, 0.3) is 0 Å². The van der Waals surface area contributed by atoms with Gasteiger partial charge in [0.2, 0.25) is 0 Å². The highest BCUT2D eigenvalue weighted by atomic mass is 14.9. The van der Waals surface area contributed by atoms with Crippen LogP contribution >= 0.6 is 0 Å². The Hall–Kier alpha value is -1.12. The maximum absolute atomic E-state index is 7.38. The van der Waals surface area contributed by atoms with Crippen molar-refractivity contribution >= 4 is 5.82 Å². The maximum atomic E-state index is 7.38. The summed E-state index contributed by atoms with van der Waals surface area (Å²) in [7, 11) is 0. The topological polar surface area (TPSA) is 51.8 Å². The van der Waals surface area contributed by atoms with Crippen LogP contribution in [0.5, 0.6) is 0 Å². The predicted molar refractivity (Wildman–Crippen MR) is 35.8 cm³/mol. The Kier molecular flexibility index (Phi) is 0.456. The first-order chi connectivity index (χ1) is 7.07. The molecule has 1 rings (SSSR count). The van der Waals surface area contributed by atoms with Gasteiger partial charge in [-0.05, 0) is 6.37 Å². The van der Waals surface area contributed by atoms with Gasteiger partial charge in [-0.3, -0.25) is 4.98 Å². The Balaban J connectivity index is 3.39. The molecule has 0 radical (unpaired) electrons. The molecule has 1 aromatic rings. The van der Waals surface area contributed by atoms with Crippen molar-refractivity contribution < 1.29 is 9.60 Å². The van der Waals surface area contributed by atoms with Gasteiger partial charge in [0.1, 0.15) is 5.82 Å². The molecule has 0 aliphatic carbocycles. The van der Waals surface area contributed by atoms with Gasteiger partial charge in [0, 0.05) is 6.85 Å². The van der Waals surface area contributed by atoms with Crippen molar-refractivity contribution in [3.05, 3.63) is 18.0 Å². The molecule has 3 heteroatoms. The number of hydrogen-bond acceptors (Lipinski definition) is 3. The van der Waals surface area contributed by atoms with Crippen molar-refractivity contribution in [2.75, 3.05) is 5.73 Å². The molecule has 0 amide bonds. The first kappa shape index (κ1) is 1.68. The van der Waals surface area contributed by atoms with E-state index in [0.717, 1.165) is 0 Å². The molecule has 0 aromatic carbocycles.